The third-order valence-electron chi connectivity index (χ3n) is 4.44. The highest BCUT2D eigenvalue weighted by atomic mass is 16.5. The average molecular weight is 371 g/mol. The number of carbonyl (C=O) groups is 2. The number of rotatable bonds is 7. The Labute approximate surface area is 156 Å². The Morgan fingerprint density at radius 3 is 2.81 bits per heavy atom. The van der Waals surface area contributed by atoms with Gasteiger partial charge in [-0.3, -0.25) is 4.79 Å². The number of pyridine rings is 1. The van der Waals surface area contributed by atoms with Crippen molar-refractivity contribution in [2.24, 2.45) is 0 Å². The summed E-state index contributed by atoms with van der Waals surface area (Å²) < 4.78 is 10.6. The lowest BCUT2D eigenvalue weighted by molar-refractivity contribution is -0.128. The average Bonchev–Trinajstić information content (AvgIpc) is 3.02. The Bertz CT molecular complexity index is 855. The van der Waals surface area contributed by atoms with E-state index in [0.717, 1.165) is 5.56 Å². The van der Waals surface area contributed by atoms with Crippen LogP contribution in [0.1, 0.15) is 22.5 Å². The lowest BCUT2D eigenvalue weighted by atomic mass is 10.1. The van der Waals surface area contributed by atoms with E-state index in [4.69, 9.17) is 14.6 Å². The molecule has 1 aromatic heterocycles. The molecule has 1 aliphatic heterocycles. The SMILES string of the molecule is COc1ccc(CN2CCC(Nc3cccc(C(=O)O)n3)C2=O)c(OC)c1. The van der Waals surface area contributed by atoms with Gasteiger partial charge in [0, 0.05) is 24.7 Å². The van der Waals surface area contributed by atoms with E-state index in [-0.39, 0.29) is 11.6 Å². The zero-order chi connectivity index (χ0) is 19.4. The number of likely N-dealkylation sites (tertiary alicyclic amines) is 1. The summed E-state index contributed by atoms with van der Waals surface area (Å²) in [6.07, 6.45) is 0.607. The molecular weight excluding hydrogens is 350 g/mol. The number of aromatic nitrogens is 1. The minimum atomic E-state index is -1.11. The quantitative estimate of drug-likeness (QED) is 0.768. The monoisotopic (exact) mass is 371 g/mol. The summed E-state index contributed by atoms with van der Waals surface area (Å²) >= 11 is 0. The van der Waals surface area contributed by atoms with Crippen LogP contribution in [0.2, 0.25) is 0 Å². The molecule has 0 saturated carbocycles. The Balaban J connectivity index is 1.68. The van der Waals surface area contributed by atoms with Crippen LogP contribution in [0.15, 0.2) is 36.4 Å². The minimum Gasteiger partial charge on any atom is -0.497 e. The van der Waals surface area contributed by atoms with Gasteiger partial charge in [0.2, 0.25) is 5.91 Å². The van der Waals surface area contributed by atoms with Crippen LogP contribution in [0.3, 0.4) is 0 Å². The number of benzene rings is 1. The van der Waals surface area contributed by atoms with Gasteiger partial charge in [0.05, 0.1) is 14.2 Å². The van der Waals surface area contributed by atoms with E-state index in [1.165, 1.54) is 6.07 Å². The first-order chi connectivity index (χ1) is 13.0. The van der Waals surface area contributed by atoms with Crippen molar-refractivity contribution in [2.75, 3.05) is 26.1 Å². The molecule has 3 rings (SSSR count). The topological polar surface area (TPSA) is 101 Å². The maximum Gasteiger partial charge on any atom is 0.354 e. The van der Waals surface area contributed by atoms with E-state index in [0.29, 0.717) is 36.8 Å². The van der Waals surface area contributed by atoms with Crippen LogP contribution in [0.4, 0.5) is 5.82 Å². The van der Waals surface area contributed by atoms with E-state index in [1.54, 1.807) is 37.3 Å². The van der Waals surface area contributed by atoms with Gasteiger partial charge >= 0.3 is 5.97 Å². The normalized spacial score (nSPS) is 16.3. The molecule has 1 unspecified atom stereocenters. The number of hydrogen-bond donors (Lipinski definition) is 2. The first-order valence-corrected chi connectivity index (χ1v) is 8.48. The summed E-state index contributed by atoms with van der Waals surface area (Å²) in [6, 6.07) is 9.71. The highest BCUT2D eigenvalue weighted by Crippen LogP contribution is 2.27. The van der Waals surface area contributed by atoms with Gasteiger partial charge in [0.25, 0.3) is 0 Å². The van der Waals surface area contributed by atoms with Gasteiger partial charge in [-0.15, -0.1) is 0 Å². The van der Waals surface area contributed by atoms with Crippen LogP contribution in [0, 0.1) is 0 Å². The Morgan fingerprint density at radius 2 is 2.11 bits per heavy atom. The highest BCUT2D eigenvalue weighted by molar-refractivity contribution is 5.87. The smallest absolute Gasteiger partial charge is 0.354 e. The molecule has 27 heavy (non-hydrogen) atoms. The molecule has 2 aromatic rings. The van der Waals surface area contributed by atoms with Gasteiger partial charge in [-0.05, 0) is 30.7 Å². The number of methoxy groups -OCH3 is 2. The van der Waals surface area contributed by atoms with Crippen LogP contribution in [0.25, 0.3) is 0 Å². The number of hydrogen-bond acceptors (Lipinski definition) is 6. The summed E-state index contributed by atoms with van der Waals surface area (Å²) in [5.41, 5.74) is 0.823. The standard InChI is InChI=1S/C19H21N3O5/c1-26-13-7-6-12(16(10-13)27-2)11-22-9-8-14(18(22)23)20-17-5-3-4-15(21-17)19(24)25/h3-7,10,14H,8-9,11H2,1-2H3,(H,20,21)(H,24,25). The molecule has 142 valence electrons. The molecule has 8 nitrogen and oxygen atoms in total. The molecule has 1 saturated heterocycles. The van der Waals surface area contributed by atoms with Crippen LogP contribution in [0.5, 0.6) is 11.5 Å². The molecule has 2 N–H and O–H groups in total. The molecule has 1 aliphatic rings. The zero-order valence-electron chi connectivity index (χ0n) is 15.1. The molecular formula is C19H21N3O5. The third kappa shape index (κ3) is 4.11. The summed E-state index contributed by atoms with van der Waals surface area (Å²) in [7, 11) is 3.16. The lowest BCUT2D eigenvalue weighted by Crippen LogP contribution is -2.33. The number of amides is 1. The Hall–Kier alpha value is -3.29. The predicted octanol–water partition coefficient (Wildman–Crippen LogP) is 2.01. The molecule has 1 amide bonds. The number of carbonyl (C=O) groups excluding carboxylic acids is 1. The van der Waals surface area contributed by atoms with Crippen LogP contribution in [-0.4, -0.2) is 53.7 Å². The van der Waals surface area contributed by atoms with Gasteiger partial charge in [0.15, 0.2) is 5.69 Å². The van der Waals surface area contributed by atoms with Crippen molar-refractivity contribution in [1.29, 1.82) is 0 Å². The van der Waals surface area contributed by atoms with Gasteiger partial charge in [-0.1, -0.05) is 6.07 Å². The van der Waals surface area contributed by atoms with Crippen LogP contribution in [-0.2, 0) is 11.3 Å². The van der Waals surface area contributed by atoms with Gasteiger partial charge in [-0.2, -0.15) is 0 Å². The number of carboxylic acids is 1. The maximum absolute atomic E-state index is 12.7. The zero-order valence-corrected chi connectivity index (χ0v) is 15.1. The van der Waals surface area contributed by atoms with Crippen molar-refractivity contribution >= 4 is 17.7 Å². The molecule has 1 atom stereocenters. The van der Waals surface area contributed by atoms with Crippen molar-refractivity contribution in [3.05, 3.63) is 47.7 Å². The highest BCUT2D eigenvalue weighted by Gasteiger charge is 2.32. The summed E-state index contributed by atoms with van der Waals surface area (Å²) in [5, 5.41) is 12.1. The van der Waals surface area contributed by atoms with Crippen LogP contribution < -0.4 is 14.8 Å². The van der Waals surface area contributed by atoms with Crippen molar-refractivity contribution in [2.45, 2.75) is 19.0 Å². The number of nitrogens with one attached hydrogen (secondary N) is 1. The summed E-state index contributed by atoms with van der Waals surface area (Å²) in [4.78, 5) is 29.5. The first-order valence-electron chi connectivity index (χ1n) is 8.48. The fraction of sp³-hybridized carbons (Fsp3) is 0.316. The van der Waals surface area contributed by atoms with Gasteiger partial charge in [-0.25, -0.2) is 9.78 Å². The van der Waals surface area contributed by atoms with E-state index in [2.05, 4.69) is 10.3 Å². The Morgan fingerprint density at radius 1 is 1.30 bits per heavy atom. The van der Waals surface area contributed by atoms with Crippen molar-refractivity contribution in [1.82, 2.24) is 9.88 Å². The molecule has 1 fully saturated rings. The molecule has 1 aromatic carbocycles. The number of aromatic carboxylic acids is 1. The summed E-state index contributed by atoms with van der Waals surface area (Å²) in [6.45, 7) is 1.01. The predicted molar refractivity (Wildman–Crippen MR) is 98.2 cm³/mol. The van der Waals surface area contributed by atoms with E-state index < -0.39 is 12.0 Å². The first kappa shape index (κ1) is 18.5. The number of nitrogens with zero attached hydrogens (tertiary/aromatic N) is 2. The molecule has 0 spiro atoms. The second-order valence-electron chi connectivity index (χ2n) is 6.14. The number of ether oxygens (including phenoxy) is 2. The fourth-order valence-electron chi connectivity index (χ4n) is 3.03. The Kier molecular flexibility index (Phi) is 5.44. The summed E-state index contributed by atoms with van der Waals surface area (Å²) in [5.74, 6) is 0.554. The molecule has 8 heteroatoms. The second kappa shape index (κ2) is 7.94. The molecule has 2 heterocycles. The van der Waals surface area contributed by atoms with Crippen molar-refractivity contribution in [3.8, 4) is 11.5 Å². The van der Waals surface area contributed by atoms with Gasteiger partial charge in [0.1, 0.15) is 23.4 Å². The maximum atomic E-state index is 12.7. The largest absolute Gasteiger partial charge is 0.497 e. The lowest BCUT2D eigenvalue weighted by Gasteiger charge is -2.19. The molecule has 0 aliphatic carbocycles. The van der Waals surface area contributed by atoms with E-state index in [9.17, 15) is 9.59 Å². The minimum absolute atomic E-state index is 0.0598. The van der Waals surface area contributed by atoms with E-state index >= 15 is 0 Å². The van der Waals surface area contributed by atoms with Crippen LogP contribution >= 0.6 is 0 Å². The molecule has 0 radical (unpaired) electrons. The number of carboxylic acid groups (broad SMARTS) is 1. The van der Waals surface area contributed by atoms with E-state index in [1.807, 2.05) is 12.1 Å². The molecule has 0 bridgehead atoms. The van der Waals surface area contributed by atoms with Crippen molar-refractivity contribution in [3.63, 3.8) is 0 Å². The van der Waals surface area contributed by atoms with Crippen molar-refractivity contribution < 1.29 is 24.2 Å². The third-order valence-corrected chi connectivity index (χ3v) is 4.44. The van der Waals surface area contributed by atoms with Gasteiger partial charge < -0.3 is 24.8 Å². The second-order valence-corrected chi connectivity index (χ2v) is 6.14. The fourth-order valence-corrected chi connectivity index (χ4v) is 3.03. The number of anilines is 1.